The molecular formula is C23H33N7O10. The lowest BCUT2D eigenvalue weighted by Gasteiger charge is -2.39. The van der Waals surface area contributed by atoms with E-state index >= 15 is 0 Å². The molecule has 40 heavy (non-hydrogen) atoms. The van der Waals surface area contributed by atoms with Gasteiger partial charge in [-0.3, -0.25) is 9.59 Å². The van der Waals surface area contributed by atoms with Crippen molar-refractivity contribution in [3.8, 4) is 5.75 Å². The number of aliphatic hydroxyl groups is 2. The maximum atomic E-state index is 12.5. The number of hydrogen-bond donors (Lipinski definition) is 10. The molecule has 2 rings (SSSR count). The highest BCUT2D eigenvalue weighted by Crippen LogP contribution is 2.26. The van der Waals surface area contributed by atoms with Crippen LogP contribution in [0.1, 0.15) is 23.7 Å². The summed E-state index contributed by atoms with van der Waals surface area (Å²) in [5.41, 5.74) is 16.8. The van der Waals surface area contributed by atoms with Gasteiger partial charge in [0, 0.05) is 25.7 Å². The van der Waals surface area contributed by atoms with Gasteiger partial charge in [-0.2, -0.15) is 0 Å². The molecule has 0 unspecified atom stereocenters. The van der Waals surface area contributed by atoms with E-state index in [9.17, 15) is 39.6 Å². The number of aliphatic hydroxyl groups excluding tert-OH is 2. The number of rotatable bonds is 12. The lowest BCUT2D eigenvalue weighted by Crippen LogP contribution is -2.61. The Morgan fingerprint density at radius 3 is 2.45 bits per heavy atom. The van der Waals surface area contributed by atoms with E-state index in [1.54, 1.807) is 0 Å². The van der Waals surface area contributed by atoms with Crippen LogP contribution < -0.4 is 33.2 Å². The topological polar surface area (TPSA) is 294 Å². The van der Waals surface area contributed by atoms with Crippen LogP contribution in [-0.2, 0) is 19.1 Å². The van der Waals surface area contributed by atoms with Crippen molar-refractivity contribution in [1.29, 1.82) is 0 Å². The molecule has 3 amide bonds. The monoisotopic (exact) mass is 567 g/mol. The zero-order valence-corrected chi connectivity index (χ0v) is 21.4. The van der Waals surface area contributed by atoms with Crippen molar-refractivity contribution in [1.82, 2.24) is 16.0 Å². The van der Waals surface area contributed by atoms with Gasteiger partial charge in [-0.1, -0.05) is 0 Å². The fourth-order valence-corrected chi connectivity index (χ4v) is 3.74. The Kier molecular flexibility index (Phi) is 11.3. The summed E-state index contributed by atoms with van der Waals surface area (Å²) < 4.78 is 10.7. The van der Waals surface area contributed by atoms with Gasteiger partial charge in [0.15, 0.2) is 18.2 Å². The fourth-order valence-electron chi connectivity index (χ4n) is 3.74. The number of carbonyl (C=O) groups is 4. The number of nitrogens with one attached hydrogen (secondary N) is 3. The summed E-state index contributed by atoms with van der Waals surface area (Å²) in [4.78, 5) is 52.1. The number of nitrogen functional groups attached to an aromatic ring is 1. The van der Waals surface area contributed by atoms with Gasteiger partial charge in [0.2, 0.25) is 11.7 Å². The molecule has 0 spiro atoms. The first-order valence-electron chi connectivity index (χ1n) is 11.9. The Hall–Kier alpha value is -4.77. The number of alkyl carbamates (subject to hydrolysis) is 1. The van der Waals surface area contributed by atoms with Crippen molar-refractivity contribution in [2.45, 2.75) is 43.7 Å². The normalized spacial score (nSPS) is 19.6. The predicted molar refractivity (Wildman–Crippen MR) is 139 cm³/mol. The Morgan fingerprint density at radius 2 is 1.85 bits per heavy atom. The lowest BCUT2D eigenvalue weighted by molar-refractivity contribution is -0.146. The Labute approximate surface area is 228 Å². The molecule has 0 bridgehead atoms. The number of amides is 3. The molecule has 0 aliphatic carbocycles. The summed E-state index contributed by atoms with van der Waals surface area (Å²) in [5, 5.41) is 46.6. The molecule has 1 aliphatic heterocycles. The minimum absolute atomic E-state index is 0.0248. The number of carboxylic acid groups (broad SMARTS) is 1. The van der Waals surface area contributed by atoms with Crippen LogP contribution >= 0.6 is 0 Å². The summed E-state index contributed by atoms with van der Waals surface area (Å²) >= 11 is 0. The first kappa shape index (κ1) is 31.4. The molecule has 1 aromatic rings. The highest BCUT2D eigenvalue weighted by atomic mass is 16.6. The SMILES string of the molecule is CC(=O)N[C@H]1[C@H]([C@H](OC(=O)NCCCNC(=O)c2cc(N)ccc2O)[C@H](O)CO)OC(C(=O)O)=C[C@@H]1N=C(N)N. The third kappa shape index (κ3) is 8.91. The number of phenols is 1. The molecule has 1 aromatic carbocycles. The molecule has 220 valence electrons. The van der Waals surface area contributed by atoms with Crippen molar-refractivity contribution in [3.05, 3.63) is 35.6 Å². The summed E-state index contributed by atoms with van der Waals surface area (Å²) in [7, 11) is 0. The number of benzene rings is 1. The van der Waals surface area contributed by atoms with Gasteiger partial charge in [-0.15, -0.1) is 0 Å². The Morgan fingerprint density at radius 1 is 1.18 bits per heavy atom. The fraction of sp³-hybridized carbons (Fsp3) is 0.435. The number of ether oxygens (including phenoxy) is 2. The molecule has 1 aliphatic rings. The minimum Gasteiger partial charge on any atom is -0.507 e. The van der Waals surface area contributed by atoms with Crippen LogP contribution in [0, 0.1) is 0 Å². The van der Waals surface area contributed by atoms with Crippen molar-refractivity contribution >= 4 is 35.5 Å². The summed E-state index contributed by atoms with van der Waals surface area (Å²) in [6, 6.07) is 1.60. The molecule has 0 aromatic heterocycles. The molecule has 1 heterocycles. The van der Waals surface area contributed by atoms with E-state index in [0.29, 0.717) is 0 Å². The Bertz CT molecular complexity index is 1150. The van der Waals surface area contributed by atoms with Crippen LogP contribution in [0.25, 0.3) is 0 Å². The van der Waals surface area contributed by atoms with Gasteiger partial charge < -0.3 is 63.1 Å². The first-order valence-corrected chi connectivity index (χ1v) is 11.9. The van der Waals surface area contributed by atoms with Crippen molar-refractivity contribution < 1.29 is 49.1 Å². The van der Waals surface area contributed by atoms with Crippen LogP contribution in [0.4, 0.5) is 10.5 Å². The van der Waals surface area contributed by atoms with Gasteiger partial charge in [-0.05, 0) is 30.7 Å². The number of aliphatic carboxylic acids is 1. The lowest BCUT2D eigenvalue weighted by atomic mass is 9.92. The number of anilines is 1. The van der Waals surface area contributed by atoms with Crippen LogP contribution in [0.2, 0.25) is 0 Å². The standard InChI is InChI=1S/C23H33N7O10/c1-10(32)29-17-13(30-22(25)26)8-16(21(36)37)39-19(17)18(15(34)9-31)40-23(38)28-6-2-5-27-20(35)12-7-11(24)3-4-14(12)33/h3-4,7-8,13,15,17-19,31,33-34H,2,5-6,9,24H2,1H3,(H,27,35)(H,28,38)(H,29,32)(H,36,37)(H4,25,26,30)/t13-,15+,17+,18+,19+/m0/s1. The second-order valence-electron chi connectivity index (χ2n) is 8.62. The van der Waals surface area contributed by atoms with Gasteiger partial charge in [0.05, 0.1) is 24.3 Å². The molecule has 0 fully saturated rings. The molecule has 5 atom stereocenters. The average Bonchev–Trinajstić information content (AvgIpc) is 2.88. The third-order valence-electron chi connectivity index (χ3n) is 5.49. The second kappa shape index (κ2) is 14.4. The van der Waals surface area contributed by atoms with Gasteiger partial charge in [-0.25, -0.2) is 14.6 Å². The van der Waals surface area contributed by atoms with Crippen LogP contribution in [0.5, 0.6) is 5.75 Å². The third-order valence-corrected chi connectivity index (χ3v) is 5.49. The molecule has 17 heteroatoms. The summed E-state index contributed by atoms with van der Waals surface area (Å²) in [6.45, 7) is 0.283. The van der Waals surface area contributed by atoms with Gasteiger partial charge in [0.25, 0.3) is 5.91 Å². The number of hydrogen-bond acceptors (Lipinski definition) is 11. The summed E-state index contributed by atoms with van der Waals surface area (Å²) in [5.74, 6) is -4.07. The number of aromatic hydroxyl groups is 1. The van der Waals surface area contributed by atoms with E-state index in [2.05, 4.69) is 20.9 Å². The highest BCUT2D eigenvalue weighted by molar-refractivity contribution is 5.97. The van der Waals surface area contributed by atoms with Crippen molar-refractivity contribution in [3.63, 3.8) is 0 Å². The average molecular weight is 568 g/mol. The molecule has 17 nitrogen and oxygen atoms in total. The van der Waals surface area contributed by atoms with Crippen LogP contribution in [0.3, 0.4) is 0 Å². The van der Waals surface area contributed by atoms with E-state index in [1.165, 1.54) is 18.2 Å². The minimum atomic E-state index is -1.77. The zero-order chi connectivity index (χ0) is 30.0. The van der Waals surface area contributed by atoms with E-state index in [0.717, 1.165) is 13.0 Å². The highest BCUT2D eigenvalue weighted by Gasteiger charge is 2.46. The number of guanidine groups is 1. The number of carboxylic acids is 1. The van der Waals surface area contributed by atoms with Crippen molar-refractivity contribution in [2.24, 2.45) is 16.5 Å². The van der Waals surface area contributed by atoms with E-state index in [1.807, 2.05) is 0 Å². The molecular weight excluding hydrogens is 534 g/mol. The second-order valence-corrected chi connectivity index (χ2v) is 8.62. The summed E-state index contributed by atoms with van der Waals surface area (Å²) in [6.07, 6.45) is -4.87. The van der Waals surface area contributed by atoms with E-state index in [4.69, 9.17) is 26.7 Å². The van der Waals surface area contributed by atoms with E-state index in [-0.39, 0.29) is 36.5 Å². The number of carbonyl (C=O) groups excluding carboxylic acids is 3. The maximum Gasteiger partial charge on any atom is 0.407 e. The number of nitrogens with two attached hydrogens (primary N) is 3. The molecule has 0 saturated carbocycles. The largest absolute Gasteiger partial charge is 0.507 e. The van der Waals surface area contributed by atoms with Crippen LogP contribution in [-0.4, -0.2) is 100 Å². The maximum absolute atomic E-state index is 12.5. The zero-order valence-electron chi connectivity index (χ0n) is 21.4. The van der Waals surface area contributed by atoms with Gasteiger partial charge in [0.1, 0.15) is 11.9 Å². The quantitative estimate of drug-likeness (QED) is 0.0398. The van der Waals surface area contributed by atoms with Crippen molar-refractivity contribution in [2.75, 3.05) is 25.4 Å². The molecule has 13 N–H and O–H groups in total. The first-order chi connectivity index (χ1) is 18.8. The smallest absolute Gasteiger partial charge is 0.407 e. The number of nitrogens with zero attached hydrogens (tertiary/aromatic N) is 1. The van der Waals surface area contributed by atoms with Crippen LogP contribution in [0.15, 0.2) is 35.0 Å². The number of phenolic OH excluding ortho intramolecular Hbond substituents is 1. The number of aliphatic imine (C=N–C) groups is 1. The van der Waals surface area contributed by atoms with E-state index < -0.39 is 72.6 Å². The molecule has 0 saturated heterocycles. The predicted octanol–water partition coefficient (Wildman–Crippen LogP) is -2.94. The Balaban J connectivity index is 2.08. The van der Waals surface area contributed by atoms with Gasteiger partial charge >= 0.3 is 12.1 Å². The molecule has 0 radical (unpaired) electrons.